The normalized spacial score (nSPS) is 6.00. The fourth-order valence-electron chi connectivity index (χ4n) is 0. The van der Waals surface area contributed by atoms with Crippen LogP contribution in [0.3, 0.4) is 0 Å². The maximum absolute atomic E-state index is 4.90. The minimum Gasteiger partial charge on any atom is -0.155 e. The van der Waals surface area contributed by atoms with Crippen molar-refractivity contribution in [2.45, 2.75) is 20.3 Å². The number of rotatable bonds is 0. The van der Waals surface area contributed by atoms with Gasteiger partial charge in [-0.15, -0.1) is 0 Å². The molecule has 0 aliphatic carbocycles. The summed E-state index contributed by atoms with van der Waals surface area (Å²) in [6, 6.07) is 0. The van der Waals surface area contributed by atoms with E-state index in [2.05, 4.69) is 13.8 Å². The molecule has 0 unspecified atom stereocenters. The van der Waals surface area contributed by atoms with E-state index in [9.17, 15) is 0 Å². The minimum absolute atomic E-state index is 0.639. The Kier molecular flexibility index (Phi) is 28.2. The maximum atomic E-state index is 4.90. The van der Waals surface area contributed by atoms with Gasteiger partial charge in [-0.1, -0.05) is 20.3 Å². The first-order valence-electron chi connectivity index (χ1n) is 1.95. The van der Waals surface area contributed by atoms with Gasteiger partial charge in [0.15, 0.2) is 0 Å². The van der Waals surface area contributed by atoms with Crippen LogP contribution in [0.5, 0.6) is 0 Å². The zero-order valence-corrected chi connectivity index (χ0v) is 7.10. The largest absolute Gasteiger partial charge is 0.222 e. The smallest absolute Gasteiger partial charge is 0.155 e. The fourth-order valence-corrected chi connectivity index (χ4v) is 0. The van der Waals surface area contributed by atoms with E-state index >= 15 is 0 Å². The molecule has 0 bridgehead atoms. The van der Waals surface area contributed by atoms with Crippen LogP contribution >= 0.6 is 22.2 Å². The van der Waals surface area contributed by atoms with E-state index in [-0.39, 0.29) is 0 Å². The molecule has 0 heterocycles. The van der Waals surface area contributed by atoms with Gasteiger partial charge in [-0.05, 0) is 0 Å². The van der Waals surface area contributed by atoms with E-state index in [1.54, 1.807) is 0 Å². The van der Waals surface area contributed by atoms with Gasteiger partial charge >= 0.3 is 0 Å². The Labute approximate surface area is 51.1 Å². The van der Waals surface area contributed by atoms with E-state index in [4.69, 9.17) is 22.2 Å². The molecule has 3 heteroatoms. The standard InChI is InChI=1S/C3H8.Cl2H2Si/c2*1-3-2/h3H2,1-2H3;3H2. The van der Waals surface area contributed by atoms with Crippen LogP contribution in [0, 0.1) is 0 Å². The Bertz CT molecular complexity index is 10.8. The summed E-state index contributed by atoms with van der Waals surface area (Å²) in [6.45, 7) is 4.25. The van der Waals surface area contributed by atoms with Gasteiger partial charge < -0.3 is 0 Å². The minimum atomic E-state index is -0.639. The topological polar surface area (TPSA) is 0 Å². The van der Waals surface area contributed by atoms with Crippen molar-refractivity contribution >= 4 is 30.3 Å². The Balaban J connectivity index is 0. The molecule has 0 radical (unpaired) electrons. The van der Waals surface area contributed by atoms with Gasteiger partial charge in [0.2, 0.25) is 8.14 Å². The molecule has 0 atom stereocenters. The molecule has 0 fully saturated rings. The molecular weight excluding hydrogens is 135 g/mol. The second-order valence-corrected chi connectivity index (χ2v) is 3.43. The van der Waals surface area contributed by atoms with Gasteiger partial charge in [0.25, 0.3) is 0 Å². The lowest BCUT2D eigenvalue weighted by molar-refractivity contribution is 1.09. The molecule has 40 valence electrons. The van der Waals surface area contributed by atoms with Gasteiger partial charge in [-0.25, -0.2) is 0 Å². The van der Waals surface area contributed by atoms with Crippen molar-refractivity contribution < 1.29 is 0 Å². The van der Waals surface area contributed by atoms with Crippen LogP contribution in [0.4, 0.5) is 0 Å². The zero-order chi connectivity index (χ0) is 5.41. The molecule has 0 aliphatic heterocycles. The van der Waals surface area contributed by atoms with Crippen molar-refractivity contribution in [1.29, 1.82) is 0 Å². The molecule has 0 saturated heterocycles. The molecule has 0 spiro atoms. The van der Waals surface area contributed by atoms with E-state index in [0.717, 1.165) is 0 Å². The Morgan fingerprint density at radius 2 is 1.33 bits per heavy atom. The molecule has 0 N–H and O–H groups in total. The molecule has 6 heavy (non-hydrogen) atoms. The van der Waals surface area contributed by atoms with Crippen LogP contribution in [-0.2, 0) is 0 Å². The van der Waals surface area contributed by atoms with Crippen molar-refractivity contribution in [3.8, 4) is 0 Å². The van der Waals surface area contributed by atoms with Gasteiger partial charge in [0.05, 0.1) is 0 Å². The Morgan fingerprint density at radius 3 is 1.33 bits per heavy atom. The average Bonchev–Trinajstić information content (AvgIpc) is 1.39. The van der Waals surface area contributed by atoms with Gasteiger partial charge in [-0.3, -0.25) is 0 Å². The van der Waals surface area contributed by atoms with Crippen molar-refractivity contribution in [2.75, 3.05) is 0 Å². The van der Waals surface area contributed by atoms with Gasteiger partial charge in [-0.2, -0.15) is 22.2 Å². The first-order chi connectivity index (χ1) is 2.83. The third kappa shape index (κ3) is 109. The lowest BCUT2D eigenvalue weighted by Crippen LogP contribution is -1.36. The van der Waals surface area contributed by atoms with Crippen molar-refractivity contribution in [3.63, 3.8) is 0 Å². The molecule has 0 nitrogen and oxygen atoms in total. The second kappa shape index (κ2) is 17.1. The number of halogens is 2. The SMILES string of the molecule is CCC.Cl[SiH2]Cl. The summed E-state index contributed by atoms with van der Waals surface area (Å²) in [4.78, 5) is 0. The first-order valence-corrected chi connectivity index (χ1v) is 6.22. The highest BCUT2D eigenvalue weighted by Crippen LogP contribution is 1.67. The zero-order valence-electron chi connectivity index (χ0n) is 4.17. The quantitative estimate of drug-likeness (QED) is 0.360. The fraction of sp³-hybridized carbons (Fsp3) is 1.00. The summed E-state index contributed by atoms with van der Waals surface area (Å²) in [5.74, 6) is 0. The Hall–Kier alpha value is 0.797. The molecule has 0 amide bonds. The third-order valence-corrected chi connectivity index (χ3v) is 0. The predicted octanol–water partition coefficient (Wildman–Crippen LogP) is 1.88. The molecule has 0 aromatic rings. The van der Waals surface area contributed by atoms with E-state index < -0.39 is 8.14 Å². The highest BCUT2D eigenvalue weighted by atomic mass is 35.7. The van der Waals surface area contributed by atoms with Crippen molar-refractivity contribution in [2.24, 2.45) is 0 Å². The molecule has 0 saturated carbocycles. The second-order valence-electron chi connectivity index (χ2n) is 0.808. The van der Waals surface area contributed by atoms with Gasteiger partial charge in [0, 0.05) is 0 Å². The first kappa shape index (κ1) is 9.93. The molecular formula is C3H10Cl2Si. The molecule has 0 rings (SSSR count). The molecule has 0 aromatic heterocycles. The average molecular weight is 145 g/mol. The van der Waals surface area contributed by atoms with Crippen molar-refractivity contribution in [3.05, 3.63) is 0 Å². The number of hydrogen-bond acceptors (Lipinski definition) is 0. The highest BCUT2D eigenvalue weighted by Gasteiger charge is 1.46. The highest BCUT2D eigenvalue weighted by molar-refractivity contribution is 7.22. The van der Waals surface area contributed by atoms with E-state index in [1.807, 2.05) is 0 Å². The van der Waals surface area contributed by atoms with Crippen LogP contribution in [-0.4, -0.2) is 8.14 Å². The summed E-state index contributed by atoms with van der Waals surface area (Å²) >= 11 is 9.81. The molecule has 0 aliphatic rings. The van der Waals surface area contributed by atoms with Crippen molar-refractivity contribution in [1.82, 2.24) is 0 Å². The van der Waals surface area contributed by atoms with E-state index in [0.29, 0.717) is 0 Å². The van der Waals surface area contributed by atoms with Crippen LogP contribution in [0.15, 0.2) is 0 Å². The van der Waals surface area contributed by atoms with Gasteiger partial charge in [0.1, 0.15) is 0 Å². The number of hydrogen-bond donors (Lipinski definition) is 0. The molecule has 0 aromatic carbocycles. The maximum Gasteiger partial charge on any atom is 0.222 e. The van der Waals surface area contributed by atoms with Crippen LogP contribution in [0.2, 0.25) is 0 Å². The summed E-state index contributed by atoms with van der Waals surface area (Å²) in [5.41, 5.74) is 0. The summed E-state index contributed by atoms with van der Waals surface area (Å²) < 4.78 is 0. The predicted molar refractivity (Wildman–Crippen MR) is 36.2 cm³/mol. The summed E-state index contributed by atoms with van der Waals surface area (Å²) in [6.07, 6.45) is 1.25. The third-order valence-electron chi connectivity index (χ3n) is 0. The summed E-state index contributed by atoms with van der Waals surface area (Å²) in [5, 5.41) is 0. The van der Waals surface area contributed by atoms with Crippen LogP contribution in [0.1, 0.15) is 20.3 Å². The Morgan fingerprint density at radius 1 is 1.33 bits per heavy atom. The van der Waals surface area contributed by atoms with Crippen LogP contribution in [0.25, 0.3) is 0 Å². The van der Waals surface area contributed by atoms with Crippen LogP contribution < -0.4 is 0 Å². The lowest BCUT2D eigenvalue weighted by Gasteiger charge is -1.48. The lowest BCUT2D eigenvalue weighted by atomic mass is 10.6. The van der Waals surface area contributed by atoms with E-state index in [1.165, 1.54) is 6.42 Å². The summed E-state index contributed by atoms with van der Waals surface area (Å²) in [7, 11) is -0.639. The monoisotopic (exact) mass is 144 g/mol.